The third kappa shape index (κ3) is 9.23. The van der Waals surface area contributed by atoms with Crippen LogP contribution in [0.4, 0.5) is 0 Å². The molecule has 0 aliphatic rings. The topological polar surface area (TPSA) is 52.6 Å². The van der Waals surface area contributed by atoms with E-state index in [-0.39, 0.29) is 31.5 Å². The third-order valence-corrected chi connectivity index (χ3v) is 9.74. The van der Waals surface area contributed by atoms with Gasteiger partial charge in [0, 0.05) is 0 Å². The smallest absolute Gasteiger partial charge is 0.206 e. The first-order chi connectivity index (χ1) is 20.7. The molecule has 4 rings (SSSR count). The maximum Gasteiger partial charge on any atom is 0.206 e. The van der Waals surface area contributed by atoms with Crippen LogP contribution in [0, 0.1) is 10.8 Å². The Hall–Kier alpha value is -3.57. The molecule has 0 unspecified atom stereocenters. The molecule has 0 aliphatic heterocycles. The average Bonchev–Trinajstić information content (AvgIpc) is 2.92. The Morgan fingerprint density at radius 3 is 0.911 bits per heavy atom. The van der Waals surface area contributed by atoms with Crippen molar-refractivity contribution in [2.45, 2.75) is 103 Å². The quantitative estimate of drug-likeness (QED) is 0.176. The molecule has 0 saturated carbocycles. The zero-order valence-electron chi connectivity index (χ0n) is 28.7. The number of benzene rings is 4. The summed E-state index contributed by atoms with van der Waals surface area (Å²) in [5.74, 6) is 2.57. The second-order valence-corrected chi connectivity index (χ2v) is 17.9. The van der Waals surface area contributed by atoms with Crippen molar-refractivity contribution in [1.82, 2.24) is 0 Å². The molecule has 0 saturated heterocycles. The third-order valence-electron chi connectivity index (χ3n) is 7.96. The van der Waals surface area contributed by atoms with Crippen molar-refractivity contribution in [1.29, 1.82) is 0 Å². The highest BCUT2D eigenvalue weighted by Gasteiger charge is 2.28. The van der Waals surface area contributed by atoms with Gasteiger partial charge in [-0.3, -0.25) is 0 Å². The van der Waals surface area contributed by atoms with Gasteiger partial charge in [-0.05, 0) is 118 Å². The van der Waals surface area contributed by atoms with Gasteiger partial charge < -0.3 is 9.47 Å². The lowest BCUT2D eigenvalue weighted by molar-refractivity contribution is 0.283. The summed E-state index contributed by atoms with van der Waals surface area (Å²) in [6.07, 6.45) is 2.13. The van der Waals surface area contributed by atoms with E-state index >= 15 is 0 Å². The molecule has 4 aromatic carbocycles. The van der Waals surface area contributed by atoms with Crippen molar-refractivity contribution in [3.8, 4) is 23.0 Å². The monoisotopic (exact) mass is 626 g/mol. The van der Waals surface area contributed by atoms with E-state index in [4.69, 9.17) is 9.47 Å². The molecule has 0 spiro atoms. The zero-order chi connectivity index (χ0) is 33.3. The Morgan fingerprint density at radius 1 is 0.422 bits per heavy atom. The van der Waals surface area contributed by atoms with Crippen LogP contribution in [0.3, 0.4) is 0 Å². The molecular formula is C40H50O4S. The van der Waals surface area contributed by atoms with Gasteiger partial charge in [0.05, 0.1) is 9.79 Å². The summed E-state index contributed by atoms with van der Waals surface area (Å²) in [5, 5.41) is 0. The number of rotatable bonds is 10. The standard InChI is InChI=1S/C40H50O4S/c1-37(2,3)27-39(7,8)29-11-15-31(16-12-29)43-33-19-23-35(24-20-33)45(41,42)36-25-21-34(22-26-36)44-32-17-13-30(14-18-32)40(9,10)28-38(4,5)6/h11-26H,27-28H2,1-10H3. The molecule has 0 heterocycles. The van der Waals surface area contributed by atoms with Crippen LogP contribution in [0.5, 0.6) is 23.0 Å². The predicted molar refractivity (Wildman–Crippen MR) is 186 cm³/mol. The summed E-state index contributed by atoms with van der Waals surface area (Å²) < 4.78 is 38.8. The van der Waals surface area contributed by atoms with Gasteiger partial charge in [-0.15, -0.1) is 0 Å². The maximum absolute atomic E-state index is 13.4. The first-order valence-corrected chi connectivity index (χ1v) is 17.2. The number of hydrogen-bond acceptors (Lipinski definition) is 4. The van der Waals surface area contributed by atoms with Gasteiger partial charge >= 0.3 is 0 Å². The molecule has 0 radical (unpaired) electrons. The lowest BCUT2D eigenvalue weighted by Crippen LogP contribution is -2.24. The molecule has 0 aromatic heterocycles. The maximum atomic E-state index is 13.4. The van der Waals surface area contributed by atoms with Gasteiger partial charge in [-0.1, -0.05) is 93.5 Å². The molecule has 0 aliphatic carbocycles. The predicted octanol–water partition coefficient (Wildman–Crippen LogP) is 11.5. The molecule has 0 atom stereocenters. The van der Waals surface area contributed by atoms with Gasteiger partial charge in [0.15, 0.2) is 0 Å². The Bertz CT molecular complexity index is 1540. The highest BCUT2D eigenvalue weighted by molar-refractivity contribution is 7.91. The van der Waals surface area contributed by atoms with Crippen LogP contribution < -0.4 is 9.47 Å². The number of hydrogen-bond donors (Lipinski definition) is 0. The largest absolute Gasteiger partial charge is 0.457 e. The molecule has 0 bridgehead atoms. The van der Waals surface area contributed by atoms with Crippen LogP contribution in [-0.2, 0) is 20.7 Å². The second kappa shape index (κ2) is 12.7. The van der Waals surface area contributed by atoms with Crippen LogP contribution >= 0.6 is 0 Å². The number of ether oxygens (including phenoxy) is 2. The minimum absolute atomic E-state index is 0.0475. The van der Waals surface area contributed by atoms with Crippen LogP contribution in [0.1, 0.15) is 93.2 Å². The van der Waals surface area contributed by atoms with Crippen molar-refractivity contribution >= 4 is 9.84 Å². The normalized spacial score (nSPS) is 13.0. The summed E-state index contributed by atoms with van der Waals surface area (Å²) in [4.78, 5) is 0.410. The van der Waals surface area contributed by atoms with Crippen molar-refractivity contribution in [3.05, 3.63) is 108 Å². The first kappa shape index (κ1) is 34.3. The molecule has 240 valence electrons. The van der Waals surface area contributed by atoms with Crippen molar-refractivity contribution in [2.75, 3.05) is 0 Å². The molecule has 0 amide bonds. The van der Waals surface area contributed by atoms with Gasteiger partial charge in [0.1, 0.15) is 23.0 Å². The minimum atomic E-state index is -3.70. The fourth-order valence-corrected chi connectivity index (χ4v) is 7.85. The summed E-state index contributed by atoms with van der Waals surface area (Å²) in [6.45, 7) is 22.6. The summed E-state index contributed by atoms with van der Waals surface area (Å²) in [6, 6.07) is 29.4. The van der Waals surface area contributed by atoms with E-state index in [2.05, 4.69) is 93.5 Å². The lowest BCUT2D eigenvalue weighted by atomic mass is 9.72. The first-order valence-electron chi connectivity index (χ1n) is 15.8. The van der Waals surface area contributed by atoms with Gasteiger partial charge in [-0.25, -0.2) is 8.42 Å². The molecular weight excluding hydrogens is 577 g/mol. The van der Waals surface area contributed by atoms with E-state index in [0.717, 1.165) is 12.8 Å². The SMILES string of the molecule is CC(C)(C)CC(C)(C)c1ccc(Oc2ccc(S(=O)(=O)c3ccc(Oc4ccc(C(C)(C)CC(C)(C)C)cc4)cc3)cc2)cc1. The summed E-state index contributed by atoms with van der Waals surface area (Å²) in [7, 11) is -3.70. The molecule has 45 heavy (non-hydrogen) atoms. The highest BCUT2D eigenvalue weighted by Crippen LogP contribution is 2.38. The van der Waals surface area contributed by atoms with E-state index in [0.29, 0.717) is 23.0 Å². The Balaban J connectivity index is 1.39. The van der Waals surface area contributed by atoms with E-state index in [1.165, 1.54) is 11.1 Å². The highest BCUT2D eigenvalue weighted by atomic mass is 32.2. The molecule has 0 N–H and O–H groups in total. The van der Waals surface area contributed by atoms with E-state index in [1.807, 2.05) is 24.3 Å². The van der Waals surface area contributed by atoms with Crippen molar-refractivity contribution in [2.24, 2.45) is 10.8 Å². The average molecular weight is 627 g/mol. The number of sulfone groups is 1. The van der Waals surface area contributed by atoms with E-state index in [1.54, 1.807) is 48.5 Å². The van der Waals surface area contributed by atoms with Crippen molar-refractivity contribution < 1.29 is 17.9 Å². The zero-order valence-corrected chi connectivity index (χ0v) is 29.5. The Kier molecular flexibility index (Phi) is 9.66. The van der Waals surface area contributed by atoms with Gasteiger partial charge in [0.25, 0.3) is 0 Å². The fraction of sp³-hybridized carbons (Fsp3) is 0.400. The second-order valence-electron chi connectivity index (χ2n) is 15.9. The summed E-state index contributed by atoms with van der Waals surface area (Å²) >= 11 is 0. The van der Waals surface area contributed by atoms with E-state index < -0.39 is 9.84 Å². The molecule has 4 aromatic rings. The van der Waals surface area contributed by atoms with Crippen LogP contribution in [-0.4, -0.2) is 8.42 Å². The Labute approximate surface area is 271 Å². The molecule has 0 fully saturated rings. The van der Waals surface area contributed by atoms with Gasteiger partial charge in [0.2, 0.25) is 9.84 Å². The van der Waals surface area contributed by atoms with Crippen LogP contribution in [0.25, 0.3) is 0 Å². The molecule has 5 heteroatoms. The van der Waals surface area contributed by atoms with Crippen LogP contribution in [0.15, 0.2) is 107 Å². The summed E-state index contributed by atoms with van der Waals surface area (Å²) in [5.41, 5.74) is 3.07. The fourth-order valence-electron chi connectivity index (χ4n) is 6.59. The van der Waals surface area contributed by atoms with E-state index in [9.17, 15) is 8.42 Å². The molecule has 4 nitrogen and oxygen atoms in total. The van der Waals surface area contributed by atoms with Gasteiger partial charge in [-0.2, -0.15) is 0 Å². The van der Waals surface area contributed by atoms with Crippen molar-refractivity contribution in [3.63, 3.8) is 0 Å². The van der Waals surface area contributed by atoms with Crippen LogP contribution in [0.2, 0.25) is 0 Å². The lowest BCUT2D eigenvalue weighted by Gasteiger charge is -2.33. The minimum Gasteiger partial charge on any atom is -0.457 e. The Morgan fingerprint density at radius 2 is 0.667 bits per heavy atom.